The first-order valence-corrected chi connectivity index (χ1v) is 9.52. The molecule has 3 rings (SSSR count). The van der Waals surface area contributed by atoms with Crippen molar-refractivity contribution in [1.29, 1.82) is 0 Å². The third-order valence-electron chi connectivity index (χ3n) is 4.69. The van der Waals surface area contributed by atoms with E-state index in [0.29, 0.717) is 25.6 Å². The summed E-state index contributed by atoms with van der Waals surface area (Å²) in [5.41, 5.74) is 3.75. The second-order valence-corrected chi connectivity index (χ2v) is 7.59. The highest BCUT2D eigenvalue weighted by Crippen LogP contribution is 2.36. The summed E-state index contributed by atoms with van der Waals surface area (Å²) in [5, 5.41) is 12.4. The minimum Gasteiger partial charge on any atom is -0.395 e. The summed E-state index contributed by atoms with van der Waals surface area (Å²) >= 11 is 1.54. The quantitative estimate of drug-likeness (QED) is 0.824. The lowest BCUT2D eigenvalue weighted by molar-refractivity contribution is -0.127. The average molecular weight is 359 g/mol. The van der Waals surface area contributed by atoms with Crippen LogP contribution in [0.5, 0.6) is 0 Å². The van der Waals surface area contributed by atoms with Crippen LogP contribution in [0.15, 0.2) is 29.6 Å². The van der Waals surface area contributed by atoms with Crippen LogP contribution in [0.2, 0.25) is 0 Å². The van der Waals surface area contributed by atoms with Gasteiger partial charge >= 0.3 is 0 Å². The zero-order valence-electron chi connectivity index (χ0n) is 14.8. The van der Waals surface area contributed by atoms with Gasteiger partial charge in [-0.05, 0) is 24.0 Å². The molecule has 5 nitrogen and oxygen atoms in total. The second kappa shape index (κ2) is 8.08. The van der Waals surface area contributed by atoms with Gasteiger partial charge in [0, 0.05) is 38.6 Å². The number of carbonyl (C=O) groups is 1. The highest BCUT2D eigenvalue weighted by molar-refractivity contribution is 7.09. The zero-order chi connectivity index (χ0) is 17.8. The summed E-state index contributed by atoms with van der Waals surface area (Å²) in [5.74, 6) is 0.0674. The molecule has 1 aliphatic carbocycles. The topological polar surface area (TPSA) is 56.7 Å². The molecule has 134 valence electrons. The maximum atomic E-state index is 11.8. The molecule has 0 spiro atoms. The Balaban J connectivity index is 1.71. The summed E-state index contributed by atoms with van der Waals surface area (Å²) in [6, 6.07) is 8.89. The number of aromatic nitrogens is 1. The van der Waals surface area contributed by atoms with Crippen molar-refractivity contribution >= 4 is 17.2 Å². The Bertz CT molecular complexity index is 729. The van der Waals surface area contributed by atoms with E-state index in [9.17, 15) is 9.90 Å². The summed E-state index contributed by atoms with van der Waals surface area (Å²) < 4.78 is 0. The summed E-state index contributed by atoms with van der Waals surface area (Å²) in [4.78, 5) is 20.4. The first kappa shape index (κ1) is 18.0. The molecule has 0 saturated carbocycles. The van der Waals surface area contributed by atoms with E-state index in [1.165, 1.54) is 22.5 Å². The van der Waals surface area contributed by atoms with Crippen LogP contribution in [-0.4, -0.2) is 53.0 Å². The molecule has 6 heteroatoms. The fourth-order valence-electron chi connectivity index (χ4n) is 3.39. The number of benzene rings is 1. The van der Waals surface area contributed by atoms with Gasteiger partial charge in [-0.15, -0.1) is 11.3 Å². The average Bonchev–Trinajstić information content (AvgIpc) is 3.21. The van der Waals surface area contributed by atoms with Crippen molar-refractivity contribution in [3.8, 4) is 0 Å². The van der Waals surface area contributed by atoms with Crippen molar-refractivity contribution in [2.45, 2.75) is 31.8 Å². The van der Waals surface area contributed by atoms with Gasteiger partial charge in [-0.3, -0.25) is 9.69 Å². The smallest absolute Gasteiger partial charge is 0.228 e. The monoisotopic (exact) mass is 359 g/mol. The first-order valence-electron chi connectivity index (χ1n) is 8.64. The molecule has 1 atom stereocenters. The van der Waals surface area contributed by atoms with Crippen LogP contribution >= 0.6 is 11.3 Å². The lowest BCUT2D eigenvalue weighted by atomic mass is 10.1. The number of nitrogens with zero attached hydrogens (tertiary/aromatic N) is 3. The summed E-state index contributed by atoms with van der Waals surface area (Å²) in [7, 11) is 3.52. The van der Waals surface area contributed by atoms with Crippen LogP contribution in [0.4, 0.5) is 0 Å². The van der Waals surface area contributed by atoms with Crippen LogP contribution < -0.4 is 0 Å². The summed E-state index contributed by atoms with van der Waals surface area (Å²) in [6.07, 6.45) is 2.52. The molecule has 0 bridgehead atoms. The molecule has 0 saturated heterocycles. The second-order valence-electron chi connectivity index (χ2n) is 6.64. The number of hydrogen-bond donors (Lipinski definition) is 1. The van der Waals surface area contributed by atoms with Crippen molar-refractivity contribution in [2.24, 2.45) is 0 Å². The minimum absolute atomic E-state index is 0.0674. The SMILES string of the molecule is CN(C)C(=O)Cc1nc(CN(CCO)C2CCc3ccccc32)cs1. The Labute approximate surface area is 152 Å². The van der Waals surface area contributed by atoms with Gasteiger partial charge in [0.2, 0.25) is 5.91 Å². The number of fused-ring (bicyclic) bond motifs is 1. The van der Waals surface area contributed by atoms with Gasteiger partial charge in [0.05, 0.1) is 18.7 Å². The van der Waals surface area contributed by atoms with Crippen molar-refractivity contribution < 1.29 is 9.90 Å². The third-order valence-corrected chi connectivity index (χ3v) is 5.59. The van der Waals surface area contributed by atoms with Crippen molar-refractivity contribution in [3.05, 3.63) is 51.5 Å². The number of aliphatic hydroxyl groups excluding tert-OH is 1. The van der Waals surface area contributed by atoms with Gasteiger partial charge < -0.3 is 10.0 Å². The molecule has 2 aromatic rings. The van der Waals surface area contributed by atoms with E-state index >= 15 is 0 Å². The predicted octanol–water partition coefficient (Wildman–Crippen LogP) is 2.26. The number of amides is 1. The Morgan fingerprint density at radius 3 is 2.92 bits per heavy atom. The van der Waals surface area contributed by atoms with Crippen molar-refractivity contribution in [1.82, 2.24) is 14.8 Å². The number of thiazole rings is 1. The van der Waals surface area contributed by atoms with E-state index in [0.717, 1.165) is 23.5 Å². The van der Waals surface area contributed by atoms with E-state index in [4.69, 9.17) is 0 Å². The maximum absolute atomic E-state index is 11.8. The van der Waals surface area contributed by atoms with Crippen molar-refractivity contribution in [2.75, 3.05) is 27.2 Å². The van der Waals surface area contributed by atoms with Gasteiger partial charge in [-0.1, -0.05) is 24.3 Å². The standard InChI is InChI=1S/C19H25N3O2S/c1-21(2)19(24)11-18-20-15(13-25-18)12-22(9-10-23)17-8-7-14-5-3-4-6-16(14)17/h3-6,13,17,23H,7-12H2,1-2H3. The van der Waals surface area contributed by atoms with E-state index in [2.05, 4.69) is 34.1 Å². The molecule has 0 radical (unpaired) electrons. The summed E-state index contributed by atoms with van der Waals surface area (Å²) in [6.45, 7) is 1.46. The van der Waals surface area contributed by atoms with Crippen LogP contribution in [0, 0.1) is 0 Å². The molecule has 1 heterocycles. The van der Waals surface area contributed by atoms with Crippen LogP contribution in [-0.2, 0) is 24.2 Å². The lowest BCUT2D eigenvalue weighted by Gasteiger charge is -2.28. The molecule has 1 aromatic heterocycles. The number of aliphatic hydroxyl groups is 1. The molecular weight excluding hydrogens is 334 g/mol. The fraction of sp³-hybridized carbons (Fsp3) is 0.474. The predicted molar refractivity (Wildman–Crippen MR) is 99.5 cm³/mol. The van der Waals surface area contributed by atoms with Gasteiger partial charge in [0.1, 0.15) is 5.01 Å². The maximum Gasteiger partial charge on any atom is 0.228 e. The van der Waals surface area contributed by atoms with Gasteiger partial charge in [0.25, 0.3) is 0 Å². The number of likely N-dealkylation sites (N-methyl/N-ethyl adjacent to an activating group) is 1. The molecule has 1 N–H and O–H groups in total. The molecule has 25 heavy (non-hydrogen) atoms. The van der Waals surface area contributed by atoms with E-state index in [1.54, 1.807) is 19.0 Å². The van der Waals surface area contributed by atoms with Crippen LogP contribution in [0.3, 0.4) is 0 Å². The molecular formula is C19H25N3O2S. The van der Waals surface area contributed by atoms with Gasteiger partial charge in [-0.25, -0.2) is 4.98 Å². The molecule has 0 aliphatic heterocycles. The number of carbonyl (C=O) groups excluding carboxylic acids is 1. The fourth-order valence-corrected chi connectivity index (χ4v) is 4.16. The molecule has 1 aliphatic rings. The lowest BCUT2D eigenvalue weighted by Crippen LogP contribution is -2.30. The minimum atomic E-state index is 0.0674. The van der Waals surface area contributed by atoms with Gasteiger partial charge in [-0.2, -0.15) is 0 Å². The third kappa shape index (κ3) is 4.26. The van der Waals surface area contributed by atoms with E-state index in [-0.39, 0.29) is 12.5 Å². The van der Waals surface area contributed by atoms with Crippen LogP contribution in [0.25, 0.3) is 0 Å². The highest BCUT2D eigenvalue weighted by atomic mass is 32.1. The van der Waals surface area contributed by atoms with Crippen molar-refractivity contribution in [3.63, 3.8) is 0 Å². The zero-order valence-corrected chi connectivity index (χ0v) is 15.6. The number of hydrogen-bond acceptors (Lipinski definition) is 5. The Kier molecular flexibility index (Phi) is 5.83. The number of rotatable bonds is 7. The Hall–Kier alpha value is -1.76. The molecule has 0 fully saturated rings. The first-order chi connectivity index (χ1) is 12.1. The molecule has 1 amide bonds. The van der Waals surface area contributed by atoms with Gasteiger partial charge in [0.15, 0.2) is 0 Å². The van der Waals surface area contributed by atoms with E-state index < -0.39 is 0 Å². The Morgan fingerprint density at radius 2 is 2.16 bits per heavy atom. The largest absolute Gasteiger partial charge is 0.395 e. The van der Waals surface area contributed by atoms with Crippen LogP contribution in [0.1, 0.15) is 34.3 Å². The van der Waals surface area contributed by atoms with E-state index in [1.807, 2.05) is 5.38 Å². The Morgan fingerprint density at radius 1 is 1.36 bits per heavy atom. The number of aryl methyl sites for hydroxylation is 1. The normalized spacial score (nSPS) is 16.2. The molecule has 1 aromatic carbocycles. The highest BCUT2D eigenvalue weighted by Gasteiger charge is 2.27. The molecule has 1 unspecified atom stereocenters.